The number of hydrogen-bond acceptors (Lipinski definition) is 4. The van der Waals surface area contributed by atoms with Crippen LogP contribution in [0.25, 0.3) is 21.8 Å². The van der Waals surface area contributed by atoms with Crippen LogP contribution in [-0.4, -0.2) is 31.3 Å². The Kier molecular flexibility index (Phi) is 2.43. The summed E-state index contributed by atoms with van der Waals surface area (Å²) in [5.74, 6) is -0.284. The number of benzene rings is 1. The van der Waals surface area contributed by atoms with E-state index in [2.05, 4.69) is 30.7 Å². The Morgan fingerprint density at radius 3 is 3.00 bits per heavy atom. The molecule has 3 N–H and O–H groups in total. The first-order valence-electron chi connectivity index (χ1n) is 6.34. The van der Waals surface area contributed by atoms with Gasteiger partial charge in [-0.15, -0.1) is 0 Å². The lowest BCUT2D eigenvalue weighted by Crippen LogP contribution is -2.12. The van der Waals surface area contributed by atoms with Crippen molar-refractivity contribution < 1.29 is 4.79 Å². The van der Waals surface area contributed by atoms with Gasteiger partial charge in [0.15, 0.2) is 5.69 Å². The number of H-pyrrole nitrogens is 2. The van der Waals surface area contributed by atoms with E-state index in [-0.39, 0.29) is 5.91 Å². The lowest BCUT2D eigenvalue weighted by molar-refractivity contribution is 0.102. The Bertz CT molecular complexity index is 954. The van der Waals surface area contributed by atoms with Crippen LogP contribution in [0.4, 0.5) is 5.69 Å². The van der Waals surface area contributed by atoms with Crippen molar-refractivity contribution in [2.45, 2.75) is 0 Å². The van der Waals surface area contributed by atoms with Crippen molar-refractivity contribution in [1.29, 1.82) is 0 Å². The van der Waals surface area contributed by atoms with E-state index in [4.69, 9.17) is 0 Å². The van der Waals surface area contributed by atoms with E-state index in [0.717, 1.165) is 16.4 Å². The SMILES string of the molecule is O=C(Nc1ccc2cn[nH]c2c1)c1n[nH]c2ccncc12. The number of amides is 1. The molecule has 1 aromatic carbocycles. The molecule has 7 nitrogen and oxygen atoms in total. The third-order valence-electron chi connectivity index (χ3n) is 3.28. The molecule has 1 amide bonds. The Morgan fingerprint density at radius 1 is 1.10 bits per heavy atom. The summed E-state index contributed by atoms with van der Waals surface area (Å²) in [6.07, 6.45) is 4.99. The van der Waals surface area contributed by atoms with Crippen molar-refractivity contribution in [2.24, 2.45) is 0 Å². The van der Waals surface area contributed by atoms with Crippen molar-refractivity contribution >= 4 is 33.4 Å². The molecule has 0 bridgehead atoms. The number of aromatic nitrogens is 5. The van der Waals surface area contributed by atoms with Gasteiger partial charge in [0.25, 0.3) is 5.91 Å². The highest BCUT2D eigenvalue weighted by atomic mass is 16.1. The van der Waals surface area contributed by atoms with E-state index < -0.39 is 0 Å². The summed E-state index contributed by atoms with van der Waals surface area (Å²) in [5, 5.41) is 18.2. The largest absolute Gasteiger partial charge is 0.320 e. The first kappa shape index (κ1) is 11.6. The highest BCUT2D eigenvalue weighted by molar-refractivity contribution is 6.11. The summed E-state index contributed by atoms with van der Waals surface area (Å²) >= 11 is 0. The van der Waals surface area contributed by atoms with Gasteiger partial charge in [0.2, 0.25) is 0 Å². The number of anilines is 1. The number of carbonyl (C=O) groups is 1. The molecule has 3 heterocycles. The number of nitrogens with zero attached hydrogens (tertiary/aromatic N) is 3. The topological polar surface area (TPSA) is 99.4 Å². The molecule has 0 atom stereocenters. The second-order valence-electron chi connectivity index (χ2n) is 4.62. The van der Waals surface area contributed by atoms with E-state index in [1.807, 2.05) is 18.2 Å². The van der Waals surface area contributed by atoms with E-state index in [0.29, 0.717) is 16.8 Å². The molecule has 0 spiro atoms. The fraction of sp³-hybridized carbons (Fsp3) is 0. The average Bonchev–Trinajstić information content (AvgIpc) is 3.13. The van der Waals surface area contributed by atoms with E-state index in [1.165, 1.54) is 0 Å². The first-order valence-corrected chi connectivity index (χ1v) is 6.34. The zero-order valence-corrected chi connectivity index (χ0v) is 10.8. The van der Waals surface area contributed by atoms with Gasteiger partial charge < -0.3 is 5.32 Å². The first-order chi connectivity index (χ1) is 10.3. The Hall–Kier alpha value is -3.22. The third-order valence-corrected chi connectivity index (χ3v) is 3.28. The molecule has 3 aromatic heterocycles. The summed E-state index contributed by atoms with van der Waals surface area (Å²) in [4.78, 5) is 16.3. The molecule has 0 saturated heterocycles. The Labute approximate surface area is 118 Å². The van der Waals surface area contributed by atoms with Crippen molar-refractivity contribution in [2.75, 3.05) is 5.32 Å². The van der Waals surface area contributed by atoms with Crippen LogP contribution in [0.3, 0.4) is 0 Å². The second kappa shape index (κ2) is 4.41. The Balaban J connectivity index is 1.68. The zero-order chi connectivity index (χ0) is 14.2. The fourth-order valence-electron chi connectivity index (χ4n) is 2.24. The minimum atomic E-state index is -0.284. The lowest BCUT2D eigenvalue weighted by atomic mass is 10.2. The maximum Gasteiger partial charge on any atom is 0.276 e. The highest BCUT2D eigenvalue weighted by Crippen LogP contribution is 2.19. The smallest absolute Gasteiger partial charge is 0.276 e. The van der Waals surface area contributed by atoms with Crippen LogP contribution in [0.2, 0.25) is 0 Å². The molecule has 0 fully saturated rings. The van der Waals surface area contributed by atoms with E-state index in [9.17, 15) is 4.79 Å². The van der Waals surface area contributed by atoms with Gasteiger partial charge in [0.1, 0.15) is 0 Å². The van der Waals surface area contributed by atoms with E-state index >= 15 is 0 Å². The molecule has 0 radical (unpaired) electrons. The van der Waals surface area contributed by atoms with Crippen molar-refractivity contribution in [3.8, 4) is 0 Å². The molecule has 21 heavy (non-hydrogen) atoms. The zero-order valence-electron chi connectivity index (χ0n) is 10.8. The molecule has 102 valence electrons. The molecule has 0 aliphatic heterocycles. The number of aromatic amines is 2. The van der Waals surface area contributed by atoms with Gasteiger partial charge in [-0.2, -0.15) is 10.2 Å². The molecule has 0 saturated carbocycles. The lowest BCUT2D eigenvalue weighted by Gasteiger charge is -2.03. The second-order valence-corrected chi connectivity index (χ2v) is 4.62. The number of carbonyl (C=O) groups excluding carboxylic acids is 1. The summed E-state index contributed by atoms with van der Waals surface area (Å²) in [6.45, 7) is 0. The molecular formula is C14H10N6O. The minimum Gasteiger partial charge on any atom is -0.320 e. The van der Waals surface area contributed by atoms with Crippen LogP contribution < -0.4 is 5.32 Å². The molecular weight excluding hydrogens is 268 g/mol. The van der Waals surface area contributed by atoms with Gasteiger partial charge in [-0.1, -0.05) is 0 Å². The number of nitrogens with one attached hydrogen (secondary N) is 3. The monoisotopic (exact) mass is 278 g/mol. The van der Waals surface area contributed by atoms with Crippen molar-refractivity contribution in [1.82, 2.24) is 25.4 Å². The third kappa shape index (κ3) is 1.91. The van der Waals surface area contributed by atoms with Gasteiger partial charge >= 0.3 is 0 Å². The Morgan fingerprint density at radius 2 is 2.05 bits per heavy atom. The minimum absolute atomic E-state index is 0.284. The standard InChI is InChI=1S/C14H10N6O/c21-14(13-10-7-15-4-3-11(10)19-20-13)17-9-2-1-8-6-16-18-12(8)5-9/h1-7H,(H,16,18)(H,17,21)(H,19,20). The van der Waals surface area contributed by atoms with Crippen LogP contribution >= 0.6 is 0 Å². The fourth-order valence-corrected chi connectivity index (χ4v) is 2.24. The summed E-state index contributed by atoms with van der Waals surface area (Å²) in [7, 11) is 0. The number of rotatable bonds is 2. The number of pyridine rings is 1. The van der Waals surface area contributed by atoms with Crippen LogP contribution in [0, 0.1) is 0 Å². The van der Waals surface area contributed by atoms with Gasteiger partial charge in [0.05, 0.1) is 22.6 Å². The molecule has 0 aliphatic rings. The number of hydrogen-bond donors (Lipinski definition) is 3. The molecule has 0 unspecified atom stereocenters. The summed E-state index contributed by atoms with van der Waals surface area (Å²) < 4.78 is 0. The molecule has 0 aliphatic carbocycles. The quantitative estimate of drug-likeness (QED) is 0.522. The van der Waals surface area contributed by atoms with Gasteiger partial charge in [-0.25, -0.2) is 0 Å². The van der Waals surface area contributed by atoms with E-state index in [1.54, 1.807) is 24.7 Å². The van der Waals surface area contributed by atoms with Crippen LogP contribution in [0.5, 0.6) is 0 Å². The van der Waals surface area contributed by atoms with Gasteiger partial charge in [-0.3, -0.25) is 20.0 Å². The van der Waals surface area contributed by atoms with Crippen LogP contribution in [0.15, 0.2) is 42.9 Å². The normalized spacial score (nSPS) is 11.0. The predicted octanol–water partition coefficient (Wildman–Crippen LogP) is 2.09. The highest BCUT2D eigenvalue weighted by Gasteiger charge is 2.14. The maximum absolute atomic E-state index is 12.3. The van der Waals surface area contributed by atoms with Gasteiger partial charge in [0, 0.05) is 23.5 Å². The van der Waals surface area contributed by atoms with Gasteiger partial charge in [-0.05, 0) is 24.3 Å². The summed E-state index contributed by atoms with van der Waals surface area (Å²) in [6, 6.07) is 7.31. The molecule has 4 rings (SSSR count). The molecule has 7 heteroatoms. The van der Waals surface area contributed by atoms with Crippen molar-refractivity contribution in [3.63, 3.8) is 0 Å². The van der Waals surface area contributed by atoms with Crippen molar-refractivity contribution in [3.05, 3.63) is 48.5 Å². The summed E-state index contributed by atoms with van der Waals surface area (Å²) in [5.41, 5.74) is 2.64. The average molecular weight is 278 g/mol. The van der Waals surface area contributed by atoms with Crippen LogP contribution in [-0.2, 0) is 0 Å². The predicted molar refractivity (Wildman–Crippen MR) is 77.9 cm³/mol. The van der Waals surface area contributed by atoms with Crippen LogP contribution in [0.1, 0.15) is 10.5 Å². The number of fused-ring (bicyclic) bond motifs is 2. The maximum atomic E-state index is 12.3. The molecule has 4 aromatic rings.